The highest BCUT2D eigenvalue weighted by atomic mass is 32.1. The largest absolute Gasteiger partial charge is 0.308 e. The van der Waals surface area contributed by atoms with Crippen molar-refractivity contribution in [2.24, 2.45) is 0 Å². The smallest absolute Gasteiger partial charge is 0.0387 e. The van der Waals surface area contributed by atoms with Crippen molar-refractivity contribution in [3.05, 3.63) is 35.2 Å². The molecule has 1 aromatic carbocycles. The average Bonchev–Trinajstić information content (AvgIpc) is 3.21. The van der Waals surface area contributed by atoms with Crippen molar-refractivity contribution in [3.8, 4) is 0 Å². The molecule has 3 heteroatoms. The summed E-state index contributed by atoms with van der Waals surface area (Å²) < 4.78 is 1.39. The third-order valence-corrected chi connectivity index (χ3v) is 5.71. The first-order chi connectivity index (χ1) is 9.65. The van der Waals surface area contributed by atoms with Crippen LogP contribution in [0.5, 0.6) is 0 Å². The van der Waals surface area contributed by atoms with Gasteiger partial charge in [-0.25, -0.2) is 0 Å². The lowest BCUT2D eigenvalue weighted by atomic mass is 10.2. The van der Waals surface area contributed by atoms with Crippen molar-refractivity contribution in [2.75, 3.05) is 13.6 Å². The van der Waals surface area contributed by atoms with Crippen molar-refractivity contribution in [1.29, 1.82) is 0 Å². The van der Waals surface area contributed by atoms with Gasteiger partial charge in [0.15, 0.2) is 0 Å². The molecule has 1 N–H and O–H groups in total. The van der Waals surface area contributed by atoms with E-state index in [2.05, 4.69) is 61.4 Å². The molecule has 1 aliphatic rings. The molecule has 2 unspecified atom stereocenters. The maximum atomic E-state index is 3.69. The summed E-state index contributed by atoms with van der Waals surface area (Å²) in [5.41, 5.74) is 0. The third-order valence-electron chi connectivity index (χ3n) is 4.41. The Kier molecular flexibility index (Phi) is 4.11. The van der Waals surface area contributed by atoms with Crippen LogP contribution >= 0.6 is 11.3 Å². The van der Waals surface area contributed by atoms with Crippen LogP contribution in [0.15, 0.2) is 30.3 Å². The van der Waals surface area contributed by atoms with E-state index in [1.807, 2.05) is 11.3 Å². The SMILES string of the molecule is CC(NCC(C)N(C)C1CC1)c1cc2ccccc2s1. The molecule has 1 saturated carbocycles. The molecule has 2 nitrogen and oxygen atoms in total. The second kappa shape index (κ2) is 5.84. The minimum atomic E-state index is 0.433. The number of fused-ring (bicyclic) bond motifs is 1. The highest BCUT2D eigenvalue weighted by molar-refractivity contribution is 7.19. The maximum absolute atomic E-state index is 3.69. The third kappa shape index (κ3) is 3.05. The Bertz CT molecular complexity index is 540. The van der Waals surface area contributed by atoms with Gasteiger partial charge in [0.1, 0.15) is 0 Å². The van der Waals surface area contributed by atoms with E-state index in [1.54, 1.807) is 0 Å². The minimum Gasteiger partial charge on any atom is -0.308 e. The quantitative estimate of drug-likeness (QED) is 0.863. The number of thiophene rings is 1. The number of nitrogens with zero attached hydrogens (tertiary/aromatic N) is 1. The van der Waals surface area contributed by atoms with Gasteiger partial charge in [0.2, 0.25) is 0 Å². The van der Waals surface area contributed by atoms with Crippen molar-refractivity contribution < 1.29 is 0 Å². The summed E-state index contributed by atoms with van der Waals surface area (Å²) in [4.78, 5) is 3.96. The summed E-state index contributed by atoms with van der Waals surface area (Å²) in [6.07, 6.45) is 2.76. The van der Waals surface area contributed by atoms with Crippen molar-refractivity contribution >= 4 is 21.4 Å². The first kappa shape index (κ1) is 14.1. The summed E-state index contributed by atoms with van der Waals surface area (Å²) in [7, 11) is 2.26. The molecule has 1 aliphatic carbocycles. The van der Waals surface area contributed by atoms with Crippen molar-refractivity contribution in [3.63, 3.8) is 0 Å². The van der Waals surface area contributed by atoms with E-state index in [9.17, 15) is 0 Å². The Morgan fingerprint density at radius 2 is 2.05 bits per heavy atom. The van der Waals surface area contributed by atoms with Crippen LogP contribution in [-0.2, 0) is 0 Å². The van der Waals surface area contributed by atoms with Crippen molar-refractivity contribution in [1.82, 2.24) is 10.2 Å². The first-order valence-corrected chi connectivity index (χ1v) is 8.40. The number of rotatable bonds is 6. The zero-order valence-corrected chi connectivity index (χ0v) is 13.4. The molecule has 0 bridgehead atoms. The summed E-state index contributed by atoms with van der Waals surface area (Å²) >= 11 is 1.91. The number of hydrogen-bond acceptors (Lipinski definition) is 3. The van der Waals surface area contributed by atoms with Gasteiger partial charge < -0.3 is 5.32 Å². The highest BCUT2D eigenvalue weighted by Crippen LogP contribution is 2.30. The lowest BCUT2D eigenvalue weighted by Gasteiger charge is -2.26. The predicted octanol–water partition coefficient (Wildman–Crippen LogP) is 4.03. The topological polar surface area (TPSA) is 15.3 Å². The minimum absolute atomic E-state index is 0.433. The van der Waals surface area contributed by atoms with Gasteiger partial charge in [-0.05, 0) is 51.3 Å². The summed E-state index contributed by atoms with van der Waals surface area (Å²) in [5.74, 6) is 0. The van der Waals surface area contributed by atoms with E-state index in [4.69, 9.17) is 0 Å². The van der Waals surface area contributed by atoms with Gasteiger partial charge in [-0.15, -0.1) is 11.3 Å². The van der Waals surface area contributed by atoms with E-state index in [0.717, 1.165) is 12.6 Å². The molecule has 2 aromatic rings. The van der Waals surface area contributed by atoms with Gasteiger partial charge in [-0.1, -0.05) is 18.2 Å². The van der Waals surface area contributed by atoms with Crippen LogP contribution in [0.2, 0.25) is 0 Å². The predicted molar refractivity (Wildman–Crippen MR) is 88.5 cm³/mol. The standard InChI is InChI=1S/C17H24N2S/c1-12(19(3)15-8-9-15)11-18-13(2)17-10-14-6-4-5-7-16(14)20-17/h4-7,10,12-13,15,18H,8-9,11H2,1-3H3. The molecular weight excluding hydrogens is 264 g/mol. The summed E-state index contributed by atoms with van der Waals surface area (Å²) in [5, 5.41) is 5.06. The molecule has 0 saturated heterocycles. The molecule has 0 radical (unpaired) electrons. The van der Waals surface area contributed by atoms with Gasteiger partial charge in [0.25, 0.3) is 0 Å². The van der Waals surface area contributed by atoms with Crippen molar-refractivity contribution in [2.45, 2.75) is 44.8 Å². The monoisotopic (exact) mass is 288 g/mol. The highest BCUT2D eigenvalue weighted by Gasteiger charge is 2.29. The van der Waals surface area contributed by atoms with Crippen LogP contribution in [0.3, 0.4) is 0 Å². The molecular formula is C17H24N2S. The Labute approximate surface area is 125 Å². The Balaban J connectivity index is 1.59. The number of hydrogen-bond donors (Lipinski definition) is 1. The van der Waals surface area contributed by atoms with E-state index in [-0.39, 0.29) is 0 Å². The second-order valence-electron chi connectivity index (χ2n) is 6.06. The molecule has 3 rings (SSSR count). The molecule has 0 aliphatic heterocycles. The van der Waals surface area contributed by atoms with Crippen LogP contribution in [0.1, 0.15) is 37.6 Å². The lowest BCUT2D eigenvalue weighted by molar-refractivity contribution is 0.237. The van der Waals surface area contributed by atoms with Gasteiger partial charge in [0.05, 0.1) is 0 Å². The van der Waals surface area contributed by atoms with Crippen LogP contribution in [-0.4, -0.2) is 30.6 Å². The number of nitrogens with one attached hydrogen (secondary N) is 1. The van der Waals surface area contributed by atoms with Crippen LogP contribution in [0, 0.1) is 0 Å². The fourth-order valence-corrected chi connectivity index (χ4v) is 3.74. The van der Waals surface area contributed by atoms with Gasteiger partial charge in [-0.2, -0.15) is 0 Å². The Morgan fingerprint density at radius 1 is 1.30 bits per heavy atom. The zero-order chi connectivity index (χ0) is 14.1. The summed E-state index contributed by atoms with van der Waals surface area (Å²) in [6.45, 7) is 5.65. The molecule has 1 fully saturated rings. The molecule has 20 heavy (non-hydrogen) atoms. The van der Waals surface area contributed by atoms with Gasteiger partial charge in [0, 0.05) is 34.2 Å². The second-order valence-corrected chi connectivity index (χ2v) is 7.18. The molecule has 0 spiro atoms. The Hall–Kier alpha value is -0.900. The first-order valence-electron chi connectivity index (χ1n) is 7.59. The molecule has 0 amide bonds. The zero-order valence-electron chi connectivity index (χ0n) is 12.6. The van der Waals surface area contributed by atoms with Crippen LogP contribution < -0.4 is 5.32 Å². The molecule has 2 atom stereocenters. The summed E-state index contributed by atoms with van der Waals surface area (Å²) in [6, 6.07) is 12.9. The fourth-order valence-electron chi connectivity index (χ4n) is 2.65. The van der Waals surface area contributed by atoms with Crippen LogP contribution in [0.4, 0.5) is 0 Å². The molecule has 108 valence electrons. The number of likely N-dealkylation sites (N-methyl/N-ethyl adjacent to an activating group) is 1. The average molecular weight is 288 g/mol. The van der Waals surface area contributed by atoms with E-state index < -0.39 is 0 Å². The fraction of sp³-hybridized carbons (Fsp3) is 0.529. The van der Waals surface area contributed by atoms with Gasteiger partial charge >= 0.3 is 0 Å². The van der Waals surface area contributed by atoms with Gasteiger partial charge in [-0.3, -0.25) is 4.90 Å². The maximum Gasteiger partial charge on any atom is 0.0387 e. The molecule has 1 heterocycles. The van der Waals surface area contributed by atoms with E-state index in [0.29, 0.717) is 12.1 Å². The lowest BCUT2D eigenvalue weighted by Crippen LogP contribution is -2.39. The van der Waals surface area contributed by atoms with E-state index in [1.165, 1.54) is 27.8 Å². The normalized spacial score (nSPS) is 18.6. The molecule has 1 aromatic heterocycles. The number of benzene rings is 1. The Morgan fingerprint density at radius 3 is 2.75 bits per heavy atom. The van der Waals surface area contributed by atoms with E-state index >= 15 is 0 Å². The van der Waals surface area contributed by atoms with Crippen LogP contribution in [0.25, 0.3) is 10.1 Å².